The highest BCUT2D eigenvalue weighted by Crippen LogP contribution is 2.10. The van der Waals surface area contributed by atoms with Gasteiger partial charge in [-0.3, -0.25) is 0 Å². The average molecular weight is 213 g/mol. The first-order chi connectivity index (χ1) is 7.11. The van der Waals surface area contributed by atoms with Crippen molar-refractivity contribution in [3.8, 4) is 0 Å². The molecule has 0 fully saturated rings. The maximum atomic E-state index is 3.74. The van der Waals surface area contributed by atoms with Crippen molar-refractivity contribution in [3.63, 3.8) is 0 Å². The lowest BCUT2D eigenvalue weighted by Crippen LogP contribution is -2.39. The van der Waals surface area contributed by atoms with Crippen LogP contribution in [-0.2, 0) is 0 Å². The summed E-state index contributed by atoms with van der Waals surface area (Å²) in [5, 5.41) is 3.74. The Balaban J connectivity index is 3.57. The molecule has 1 heteroatoms. The fourth-order valence-corrected chi connectivity index (χ4v) is 2.11. The van der Waals surface area contributed by atoms with Crippen molar-refractivity contribution >= 4 is 0 Å². The fourth-order valence-electron chi connectivity index (χ4n) is 2.11. The molecular formula is C14H31N. The molecular weight excluding hydrogens is 182 g/mol. The molecule has 92 valence electrons. The van der Waals surface area contributed by atoms with E-state index in [-0.39, 0.29) is 0 Å². The summed E-state index contributed by atoms with van der Waals surface area (Å²) in [5.74, 6) is 0.757. The van der Waals surface area contributed by atoms with Crippen LogP contribution < -0.4 is 5.32 Å². The first-order valence-electron chi connectivity index (χ1n) is 6.87. The van der Waals surface area contributed by atoms with Crippen LogP contribution in [-0.4, -0.2) is 12.1 Å². The van der Waals surface area contributed by atoms with Crippen molar-refractivity contribution in [2.75, 3.05) is 0 Å². The standard InChI is InChI=1S/C14H31N/c1-6-8-9-10-11-13(5)15-14(7-2)12(3)4/h12-15H,6-11H2,1-5H3. The molecule has 0 spiro atoms. The van der Waals surface area contributed by atoms with Crippen LogP contribution in [0.3, 0.4) is 0 Å². The van der Waals surface area contributed by atoms with E-state index >= 15 is 0 Å². The molecule has 0 aliphatic carbocycles. The third-order valence-electron chi connectivity index (χ3n) is 3.23. The fraction of sp³-hybridized carbons (Fsp3) is 1.00. The maximum Gasteiger partial charge on any atom is 0.00899 e. The Morgan fingerprint density at radius 2 is 1.60 bits per heavy atom. The molecule has 0 bridgehead atoms. The first-order valence-corrected chi connectivity index (χ1v) is 6.87. The Kier molecular flexibility index (Phi) is 9.18. The summed E-state index contributed by atoms with van der Waals surface area (Å²) in [7, 11) is 0. The zero-order chi connectivity index (χ0) is 11.7. The minimum atomic E-state index is 0.689. The second kappa shape index (κ2) is 9.21. The van der Waals surface area contributed by atoms with E-state index in [1.807, 2.05) is 0 Å². The number of rotatable bonds is 9. The maximum absolute atomic E-state index is 3.74. The summed E-state index contributed by atoms with van der Waals surface area (Å²) in [5.41, 5.74) is 0. The van der Waals surface area contributed by atoms with Crippen molar-refractivity contribution in [1.29, 1.82) is 0 Å². The lowest BCUT2D eigenvalue weighted by Gasteiger charge is -2.25. The van der Waals surface area contributed by atoms with E-state index < -0.39 is 0 Å². The van der Waals surface area contributed by atoms with E-state index in [9.17, 15) is 0 Å². The molecule has 0 aromatic carbocycles. The van der Waals surface area contributed by atoms with Crippen molar-refractivity contribution in [2.45, 2.75) is 85.2 Å². The van der Waals surface area contributed by atoms with Crippen LogP contribution in [0.25, 0.3) is 0 Å². The smallest absolute Gasteiger partial charge is 0.00899 e. The quantitative estimate of drug-likeness (QED) is 0.561. The molecule has 0 rings (SSSR count). The molecule has 1 N–H and O–H groups in total. The monoisotopic (exact) mass is 213 g/mol. The predicted molar refractivity (Wildman–Crippen MR) is 70.3 cm³/mol. The molecule has 0 aliphatic rings. The van der Waals surface area contributed by atoms with Crippen molar-refractivity contribution in [2.24, 2.45) is 5.92 Å². The van der Waals surface area contributed by atoms with Gasteiger partial charge in [-0.2, -0.15) is 0 Å². The summed E-state index contributed by atoms with van der Waals surface area (Å²) in [6.45, 7) is 11.5. The highest BCUT2D eigenvalue weighted by atomic mass is 14.9. The highest BCUT2D eigenvalue weighted by molar-refractivity contribution is 4.72. The van der Waals surface area contributed by atoms with Crippen LogP contribution in [0, 0.1) is 5.92 Å². The van der Waals surface area contributed by atoms with Crippen LogP contribution in [0.1, 0.15) is 73.1 Å². The Morgan fingerprint density at radius 1 is 0.933 bits per heavy atom. The van der Waals surface area contributed by atoms with Gasteiger partial charge in [0.25, 0.3) is 0 Å². The van der Waals surface area contributed by atoms with Gasteiger partial charge in [0.15, 0.2) is 0 Å². The van der Waals surface area contributed by atoms with E-state index in [4.69, 9.17) is 0 Å². The Labute approximate surface area is 97.0 Å². The zero-order valence-electron chi connectivity index (χ0n) is 11.5. The summed E-state index contributed by atoms with van der Waals surface area (Å²) < 4.78 is 0. The minimum Gasteiger partial charge on any atom is -0.311 e. The van der Waals surface area contributed by atoms with Gasteiger partial charge in [-0.25, -0.2) is 0 Å². The van der Waals surface area contributed by atoms with Gasteiger partial charge in [-0.1, -0.05) is 53.4 Å². The molecule has 0 heterocycles. The molecule has 0 radical (unpaired) electrons. The summed E-state index contributed by atoms with van der Waals surface area (Å²) in [4.78, 5) is 0. The van der Waals surface area contributed by atoms with Gasteiger partial charge in [0.2, 0.25) is 0 Å². The van der Waals surface area contributed by atoms with E-state index in [2.05, 4.69) is 39.9 Å². The topological polar surface area (TPSA) is 12.0 Å². The predicted octanol–water partition coefficient (Wildman–Crippen LogP) is 4.37. The average Bonchev–Trinajstić information content (AvgIpc) is 2.20. The summed E-state index contributed by atoms with van der Waals surface area (Å²) in [6, 6.07) is 1.39. The third kappa shape index (κ3) is 7.84. The highest BCUT2D eigenvalue weighted by Gasteiger charge is 2.12. The molecule has 2 unspecified atom stereocenters. The second-order valence-corrected chi connectivity index (χ2v) is 5.18. The van der Waals surface area contributed by atoms with Gasteiger partial charge in [0.1, 0.15) is 0 Å². The van der Waals surface area contributed by atoms with Gasteiger partial charge in [-0.15, -0.1) is 0 Å². The van der Waals surface area contributed by atoms with Gasteiger partial charge in [0, 0.05) is 12.1 Å². The Bertz CT molecular complexity index is 131. The number of unbranched alkanes of at least 4 members (excludes halogenated alkanes) is 3. The molecule has 1 nitrogen and oxygen atoms in total. The lowest BCUT2D eigenvalue weighted by molar-refractivity contribution is 0.338. The van der Waals surface area contributed by atoms with Gasteiger partial charge >= 0.3 is 0 Å². The van der Waals surface area contributed by atoms with E-state index in [1.54, 1.807) is 0 Å². The first kappa shape index (κ1) is 15.0. The van der Waals surface area contributed by atoms with E-state index in [0.29, 0.717) is 12.1 Å². The van der Waals surface area contributed by atoms with Crippen molar-refractivity contribution < 1.29 is 0 Å². The molecule has 0 aromatic rings. The second-order valence-electron chi connectivity index (χ2n) is 5.18. The van der Waals surface area contributed by atoms with Crippen LogP contribution in [0.4, 0.5) is 0 Å². The van der Waals surface area contributed by atoms with Crippen LogP contribution in [0.15, 0.2) is 0 Å². The van der Waals surface area contributed by atoms with Crippen LogP contribution >= 0.6 is 0 Å². The lowest BCUT2D eigenvalue weighted by atomic mass is 9.99. The SMILES string of the molecule is CCCCCCC(C)NC(CC)C(C)C. The number of hydrogen-bond acceptors (Lipinski definition) is 1. The molecule has 0 aliphatic heterocycles. The normalized spacial score (nSPS) is 15.6. The van der Waals surface area contributed by atoms with Gasteiger partial charge < -0.3 is 5.32 Å². The Morgan fingerprint density at radius 3 is 2.07 bits per heavy atom. The van der Waals surface area contributed by atoms with Crippen LogP contribution in [0.5, 0.6) is 0 Å². The third-order valence-corrected chi connectivity index (χ3v) is 3.23. The minimum absolute atomic E-state index is 0.689. The largest absolute Gasteiger partial charge is 0.311 e. The molecule has 0 saturated carbocycles. The van der Waals surface area contributed by atoms with Gasteiger partial charge in [-0.05, 0) is 25.7 Å². The summed E-state index contributed by atoms with van der Waals surface area (Å²) >= 11 is 0. The Hall–Kier alpha value is -0.0400. The summed E-state index contributed by atoms with van der Waals surface area (Å²) in [6.07, 6.45) is 8.11. The number of hydrogen-bond donors (Lipinski definition) is 1. The molecule has 0 saturated heterocycles. The van der Waals surface area contributed by atoms with Crippen molar-refractivity contribution in [3.05, 3.63) is 0 Å². The molecule has 0 amide bonds. The molecule has 0 aromatic heterocycles. The van der Waals surface area contributed by atoms with E-state index in [0.717, 1.165) is 5.92 Å². The molecule has 15 heavy (non-hydrogen) atoms. The zero-order valence-corrected chi connectivity index (χ0v) is 11.5. The van der Waals surface area contributed by atoms with E-state index in [1.165, 1.54) is 38.5 Å². The van der Waals surface area contributed by atoms with Crippen molar-refractivity contribution in [1.82, 2.24) is 5.32 Å². The van der Waals surface area contributed by atoms with Gasteiger partial charge in [0.05, 0.1) is 0 Å². The number of nitrogens with one attached hydrogen (secondary N) is 1. The molecule has 2 atom stereocenters. The van der Waals surface area contributed by atoms with Crippen LogP contribution in [0.2, 0.25) is 0 Å².